The summed E-state index contributed by atoms with van der Waals surface area (Å²) in [5.74, 6) is 2.22. The van der Waals surface area contributed by atoms with E-state index < -0.39 is 0 Å². The van der Waals surface area contributed by atoms with E-state index in [0.29, 0.717) is 6.04 Å². The van der Waals surface area contributed by atoms with E-state index in [1.807, 2.05) is 10.9 Å². The van der Waals surface area contributed by atoms with Crippen molar-refractivity contribution in [2.45, 2.75) is 96.3 Å². The summed E-state index contributed by atoms with van der Waals surface area (Å²) in [5.41, 5.74) is 2.53. The van der Waals surface area contributed by atoms with Gasteiger partial charge in [0.25, 0.3) is 0 Å². The predicted molar refractivity (Wildman–Crippen MR) is 113 cm³/mol. The Morgan fingerprint density at radius 1 is 1.17 bits per heavy atom. The number of nitrogens with zero attached hydrogens (tertiary/aromatic N) is 5. The van der Waals surface area contributed by atoms with Gasteiger partial charge in [-0.3, -0.25) is 4.90 Å². The molecule has 29 heavy (non-hydrogen) atoms. The lowest BCUT2D eigenvalue weighted by Gasteiger charge is -2.38. The molecule has 6 nitrogen and oxygen atoms in total. The molecule has 1 aliphatic carbocycles. The first kappa shape index (κ1) is 19.2. The molecular weight excluding hydrogens is 362 g/mol. The van der Waals surface area contributed by atoms with Crippen LogP contribution in [0.25, 0.3) is 0 Å². The Kier molecular flexibility index (Phi) is 4.36. The monoisotopic (exact) mass is 397 g/mol. The molecule has 0 saturated heterocycles. The molecule has 1 atom stereocenters. The van der Waals surface area contributed by atoms with E-state index in [-0.39, 0.29) is 10.8 Å². The average molecular weight is 398 g/mol. The molecule has 0 N–H and O–H groups in total. The molecule has 0 radical (unpaired) electrons. The molecule has 0 amide bonds. The normalized spacial score (nSPS) is 22.9. The third-order valence-electron chi connectivity index (χ3n) is 6.84. The molecule has 2 aromatic rings. The van der Waals surface area contributed by atoms with Crippen molar-refractivity contribution in [3.8, 4) is 5.88 Å². The molecule has 5 rings (SSSR count). The van der Waals surface area contributed by atoms with Gasteiger partial charge in [-0.2, -0.15) is 5.10 Å². The number of imidazole rings is 1. The summed E-state index contributed by atoms with van der Waals surface area (Å²) in [4.78, 5) is 7.74. The summed E-state index contributed by atoms with van der Waals surface area (Å²) >= 11 is 0. The molecule has 2 aliphatic heterocycles. The SMILES string of the molecule is CC(C)(C)c1cn2c(n1)CN(C1CC1)CC2CC(C)(C)c1cnn2c1OCCC2. The van der Waals surface area contributed by atoms with Gasteiger partial charge in [0.1, 0.15) is 5.82 Å². The number of aromatic nitrogens is 4. The highest BCUT2D eigenvalue weighted by Gasteiger charge is 2.40. The van der Waals surface area contributed by atoms with Gasteiger partial charge in [-0.05, 0) is 24.7 Å². The van der Waals surface area contributed by atoms with E-state index in [1.165, 1.54) is 29.9 Å². The van der Waals surface area contributed by atoms with Gasteiger partial charge in [-0.1, -0.05) is 34.6 Å². The summed E-state index contributed by atoms with van der Waals surface area (Å²) in [6.07, 6.45) is 9.15. The Labute approximate surface area is 174 Å². The largest absolute Gasteiger partial charge is 0.478 e. The third kappa shape index (κ3) is 3.49. The van der Waals surface area contributed by atoms with E-state index in [2.05, 4.69) is 55.4 Å². The van der Waals surface area contributed by atoms with Gasteiger partial charge < -0.3 is 9.30 Å². The Morgan fingerprint density at radius 3 is 2.69 bits per heavy atom. The molecule has 4 heterocycles. The van der Waals surface area contributed by atoms with Crippen molar-refractivity contribution in [2.75, 3.05) is 13.2 Å². The molecule has 6 heteroatoms. The predicted octanol–water partition coefficient (Wildman–Crippen LogP) is 4.05. The highest BCUT2D eigenvalue weighted by Crippen LogP contribution is 2.42. The Bertz CT molecular complexity index is 899. The van der Waals surface area contributed by atoms with Gasteiger partial charge in [-0.15, -0.1) is 0 Å². The van der Waals surface area contributed by atoms with Crippen molar-refractivity contribution < 1.29 is 4.74 Å². The van der Waals surface area contributed by atoms with E-state index in [4.69, 9.17) is 9.72 Å². The first-order chi connectivity index (χ1) is 13.7. The van der Waals surface area contributed by atoms with Crippen LogP contribution in [0.3, 0.4) is 0 Å². The lowest BCUT2D eigenvalue weighted by molar-refractivity contribution is 0.152. The van der Waals surface area contributed by atoms with Crippen molar-refractivity contribution >= 4 is 0 Å². The fourth-order valence-corrected chi connectivity index (χ4v) is 4.94. The number of aryl methyl sites for hydroxylation is 1. The van der Waals surface area contributed by atoms with Gasteiger partial charge in [0.2, 0.25) is 5.88 Å². The minimum absolute atomic E-state index is 0.00835. The summed E-state index contributed by atoms with van der Waals surface area (Å²) < 4.78 is 10.6. The molecule has 0 bridgehead atoms. The molecule has 0 aromatic carbocycles. The first-order valence-electron chi connectivity index (χ1n) is 11.2. The lowest BCUT2D eigenvalue weighted by Crippen LogP contribution is -2.40. The summed E-state index contributed by atoms with van der Waals surface area (Å²) in [6, 6.07) is 1.19. The molecule has 0 spiro atoms. The maximum atomic E-state index is 6.03. The molecule has 158 valence electrons. The summed E-state index contributed by atoms with van der Waals surface area (Å²) in [5, 5.41) is 4.61. The fourth-order valence-electron chi connectivity index (χ4n) is 4.94. The standard InChI is InChI=1S/C23H35N5O/c1-22(2,3)19-14-27-17(13-26(16-7-8-16)15-20(27)25-19)11-23(4,5)18-12-24-28-9-6-10-29-21(18)28/h12,14,16-17H,6-11,13,15H2,1-5H3. The van der Waals surface area contributed by atoms with Crippen molar-refractivity contribution in [2.24, 2.45) is 0 Å². The fraction of sp³-hybridized carbons (Fsp3) is 0.739. The minimum Gasteiger partial charge on any atom is -0.478 e. The smallest absolute Gasteiger partial charge is 0.215 e. The van der Waals surface area contributed by atoms with E-state index in [9.17, 15) is 0 Å². The maximum Gasteiger partial charge on any atom is 0.215 e. The minimum atomic E-state index is -0.00835. The highest BCUT2D eigenvalue weighted by molar-refractivity contribution is 5.33. The van der Waals surface area contributed by atoms with Crippen molar-refractivity contribution in [3.63, 3.8) is 0 Å². The van der Waals surface area contributed by atoms with Gasteiger partial charge in [0.05, 0.1) is 25.0 Å². The molecule has 1 saturated carbocycles. The molecular formula is C23H35N5O. The zero-order chi connectivity index (χ0) is 20.4. The zero-order valence-corrected chi connectivity index (χ0v) is 18.6. The highest BCUT2D eigenvalue weighted by atomic mass is 16.5. The number of hydrogen-bond donors (Lipinski definition) is 0. The van der Waals surface area contributed by atoms with Crippen LogP contribution in [-0.4, -0.2) is 43.4 Å². The van der Waals surface area contributed by atoms with Crippen LogP contribution < -0.4 is 4.74 Å². The van der Waals surface area contributed by atoms with Crippen molar-refractivity contribution in [1.82, 2.24) is 24.2 Å². The average Bonchev–Trinajstić information content (AvgIpc) is 3.24. The number of hydrogen-bond acceptors (Lipinski definition) is 4. The quantitative estimate of drug-likeness (QED) is 0.781. The topological polar surface area (TPSA) is 48.1 Å². The van der Waals surface area contributed by atoms with Crippen molar-refractivity contribution in [3.05, 3.63) is 29.5 Å². The second-order valence-corrected chi connectivity index (χ2v) is 10.9. The second kappa shape index (κ2) is 6.59. The van der Waals surface area contributed by atoms with Gasteiger partial charge >= 0.3 is 0 Å². The van der Waals surface area contributed by atoms with Gasteiger partial charge in [0.15, 0.2) is 0 Å². The van der Waals surface area contributed by atoms with Crippen LogP contribution in [0.15, 0.2) is 12.4 Å². The number of fused-ring (bicyclic) bond motifs is 2. The Hall–Kier alpha value is -1.82. The van der Waals surface area contributed by atoms with Crippen LogP contribution >= 0.6 is 0 Å². The van der Waals surface area contributed by atoms with Crippen LogP contribution in [0, 0.1) is 0 Å². The molecule has 1 fully saturated rings. The molecule has 3 aliphatic rings. The summed E-state index contributed by atoms with van der Waals surface area (Å²) in [7, 11) is 0. The van der Waals surface area contributed by atoms with E-state index >= 15 is 0 Å². The Morgan fingerprint density at radius 2 is 1.97 bits per heavy atom. The molecule has 2 aromatic heterocycles. The number of rotatable bonds is 4. The van der Waals surface area contributed by atoms with E-state index in [0.717, 1.165) is 51.0 Å². The van der Waals surface area contributed by atoms with Crippen LogP contribution in [0.4, 0.5) is 0 Å². The van der Waals surface area contributed by atoms with Gasteiger partial charge in [-0.25, -0.2) is 9.67 Å². The third-order valence-corrected chi connectivity index (χ3v) is 6.84. The van der Waals surface area contributed by atoms with Crippen LogP contribution in [0.1, 0.15) is 83.4 Å². The van der Waals surface area contributed by atoms with Crippen LogP contribution in [0.2, 0.25) is 0 Å². The van der Waals surface area contributed by atoms with Crippen molar-refractivity contribution in [1.29, 1.82) is 0 Å². The van der Waals surface area contributed by atoms with Crippen LogP contribution in [0.5, 0.6) is 5.88 Å². The summed E-state index contributed by atoms with van der Waals surface area (Å²) in [6.45, 7) is 15.3. The second-order valence-electron chi connectivity index (χ2n) is 10.9. The molecule has 1 unspecified atom stereocenters. The zero-order valence-electron chi connectivity index (χ0n) is 18.6. The lowest BCUT2D eigenvalue weighted by atomic mass is 9.79. The number of ether oxygens (including phenoxy) is 1. The Balaban J connectivity index is 1.46. The van der Waals surface area contributed by atoms with Crippen LogP contribution in [-0.2, 0) is 23.9 Å². The maximum absolute atomic E-state index is 6.03. The van der Waals surface area contributed by atoms with E-state index in [1.54, 1.807) is 0 Å². The van der Waals surface area contributed by atoms with Gasteiger partial charge in [0, 0.05) is 48.8 Å². The first-order valence-corrected chi connectivity index (χ1v) is 11.2.